The summed E-state index contributed by atoms with van der Waals surface area (Å²) >= 11 is 5.02. The number of carbonyl (C=O) groups excluding carboxylic acids is 1. The molecule has 0 saturated heterocycles. The van der Waals surface area contributed by atoms with Crippen molar-refractivity contribution in [2.45, 2.75) is 12.8 Å². The Labute approximate surface area is 101 Å². The summed E-state index contributed by atoms with van der Waals surface area (Å²) in [5.74, 6) is -0.0920. The lowest BCUT2D eigenvalue weighted by Gasteiger charge is -2.12. The minimum atomic E-state index is -0.259. The quantitative estimate of drug-likeness (QED) is 0.867. The number of hydrogen-bond donors (Lipinski definition) is 1. The van der Waals surface area contributed by atoms with E-state index in [0.717, 1.165) is 22.3 Å². The van der Waals surface area contributed by atoms with E-state index < -0.39 is 0 Å². The van der Waals surface area contributed by atoms with Gasteiger partial charge in [-0.1, -0.05) is 0 Å². The topological polar surface area (TPSA) is 38.3 Å². The molecule has 3 nitrogen and oxygen atoms in total. The number of ether oxygens (including phenoxy) is 1. The van der Waals surface area contributed by atoms with E-state index in [0.29, 0.717) is 6.54 Å². The molecule has 1 heterocycles. The van der Waals surface area contributed by atoms with Crippen LogP contribution in [0, 0.1) is 5.41 Å². The van der Waals surface area contributed by atoms with Gasteiger partial charge in [0.05, 0.1) is 17.5 Å². The first-order valence-corrected chi connectivity index (χ1v) is 6.40. The van der Waals surface area contributed by atoms with Crippen molar-refractivity contribution >= 4 is 38.2 Å². The molecule has 0 unspecified atom stereocenters. The van der Waals surface area contributed by atoms with Gasteiger partial charge in [-0.3, -0.25) is 4.79 Å². The molecule has 1 N–H and O–H groups in total. The molecule has 1 fully saturated rings. The number of nitrogens with one attached hydrogen (secondary N) is 1. The van der Waals surface area contributed by atoms with Gasteiger partial charge in [0, 0.05) is 16.4 Å². The van der Waals surface area contributed by atoms with Crippen molar-refractivity contribution in [3.8, 4) is 0 Å². The maximum Gasteiger partial charge on any atom is 0.313 e. The minimum absolute atomic E-state index is 0.0920. The normalized spacial score (nSPS) is 17.2. The zero-order chi connectivity index (χ0) is 10.9. The molecule has 0 aliphatic heterocycles. The van der Waals surface area contributed by atoms with Crippen molar-refractivity contribution in [1.82, 2.24) is 0 Å². The highest BCUT2D eigenvalue weighted by atomic mass is 79.9. The van der Waals surface area contributed by atoms with Gasteiger partial charge in [-0.2, -0.15) is 0 Å². The number of esters is 1. The maximum atomic E-state index is 11.5. The minimum Gasteiger partial charge on any atom is -0.469 e. The summed E-state index contributed by atoms with van der Waals surface area (Å²) in [5.41, 5.74) is -0.259. The molecule has 0 bridgehead atoms. The molecule has 15 heavy (non-hydrogen) atoms. The van der Waals surface area contributed by atoms with E-state index in [-0.39, 0.29) is 11.4 Å². The van der Waals surface area contributed by atoms with E-state index >= 15 is 0 Å². The van der Waals surface area contributed by atoms with Crippen molar-refractivity contribution in [2.75, 3.05) is 19.0 Å². The van der Waals surface area contributed by atoms with Gasteiger partial charge in [0.2, 0.25) is 0 Å². The molecule has 2 rings (SSSR count). The van der Waals surface area contributed by atoms with Crippen LogP contribution in [0.5, 0.6) is 0 Å². The second kappa shape index (κ2) is 4.14. The smallest absolute Gasteiger partial charge is 0.313 e. The summed E-state index contributed by atoms with van der Waals surface area (Å²) in [6.07, 6.45) is 1.86. The highest BCUT2D eigenvalue weighted by Crippen LogP contribution is 2.46. The zero-order valence-corrected chi connectivity index (χ0v) is 10.8. The Kier molecular flexibility index (Phi) is 3.02. The van der Waals surface area contributed by atoms with Crippen molar-refractivity contribution in [1.29, 1.82) is 0 Å². The highest BCUT2D eigenvalue weighted by Gasteiger charge is 2.50. The number of rotatable bonds is 4. The Morgan fingerprint density at radius 2 is 2.47 bits per heavy atom. The van der Waals surface area contributed by atoms with Crippen molar-refractivity contribution in [2.24, 2.45) is 5.41 Å². The van der Waals surface area contributed by atoms with Gasteiger partial charge in [-0.25, -0.2) is 0 Å². The van der Waals surface area contributed by atoms with E-state index in [1.54, 1.807) is 11.3 Å². The standard InChI is InChI=1S/C10H12BrNO2S/c1-14-9(13)10(2-3-10)6-12-8-4-7(11)5-15-8/h4-5,12H,2-3,6H2,1H3. The van der Waals surface area contributed by atoms with E-state index in [4.69, 9.17) is 4.74 Å². The molecular formula is C10H12BrNO2S. The van der Waals surface area contributed by atoms with Gasteiger partial charge in [0.25, 0.3) is 0 Å². The first-order chi connectivity index (χ1) is 7.16. The van der Waals surface area contributed by atoms with Crippen LogP contribution in [0.15, 0.2) is 15.9 Å². The molecule has 1 aromatic heterocycles. The number of carbonyl (C=O) groups is 1. The van der Waals surface area contributed by atoms with Crippen LogP contribution in [0.4, 0.5) is 5.00 Å². The fraction of sp³-hybridized carbons (Fsp3) is 0.500. The Bertz CT molecular complexity index is 373. The van der Waals surface area contributed by atoms with Crippen LogP contribution in [-0.2, 0) is 9.53 Å². The van der Waals surface area contributed by atoms with E-state index in [1.165, 1.54) is 7.11 Å². The number of methoxy groups -OCH3 is 1. The summed E-state index contributed by atoms with van der Waals surface area (Å²) in [4.78, 5) is 11.5. The van der Waals surface area contributed by atoms with E-state index in [1.807, 2.05) is 11.4 Å². The molecular weight excluding hydrogens is 278 g/mol. The predicted molar refractivity (Wildman–Crippen MR) is 64.2 cm³/mol. The molecule has 1 saturated carbocycles. The fourth-order valence-corrected chi connectivity index (χ4v) is 2.80. The van der Waals surface area contributed by atoms with E-state index in [2.05, 4.69) is 21.2 Å². The largest absolute Gasteiger partial charge is 0.469 e. The summed E-state index contributed by atoms with van der Waals surface area (Å²) in [7, 11) is 1.45. The average Bonchev–Trinajstić information content (AvgIpc) is 2.93. The summed E-state index contributed by atoms with van der Waals surface area (Å²) in [6, 6.07) is 2.01. The Hall–Kier alpha value is -0.550. The second-order valence-electron chi connectivity index (χ2n) is 3.75. The van der Waals surface area contributed by atoms with Gasteiger partial charge in [-0.05, 0) is 34.8 Å². The Balaban J connectivity index is 1.91. The van der Waals surface area contributed by atoms with Crippen molar-refractivity contribution in [3.05, 3.63) is 15.9 Å². The molecule has 0 amide bonds. The SMILES string of the molecule is COC(=O)C1(CNc2cc(Br)cs2)CC1. The summed E-state index contributed by atoms with van der Waals surface area (Å²) < 4.78 is 5.85. The van der Waals surface area contributed by atoms with Crippen LogP contribution in [0.3, 0.4) is 0 Å². The van der Waals surface area contributed by atoms with Crippen LogP contribution >= 0.6 is 27.3 Å². The molecule has 0 atom stereocenters. The molecule has 0 spiro atoms. The Morgan fingerprint density at radius 1 is 1.73 bits per heavy atom. The average molecular weight is 290 g/mol. The third-order valence-electron chi connectivity index (χ3n) is 2.64. The lowest BCUT2D eigenvalue weighted by atomic mass is 10.1. The number of thiophene rings is 1. The predicted octanol–water partition coefficient (Wildman–Crippen LogP) is 2.88. The maximum absolute atomic E-state index is 11.5. The zero-order valence-electron chi connectivity index (χ0n) is 8.38. The van der Waals surface area contributed by atoms with Crippen LogP contribution in [-0.4, -0.2) is 19.6 Å². The number of anilines is 1. The van der Waals surface area contributed by atoms with Gasteiger partial charge >= 0.3 is 5.97 Å². The molecule has 5 heteroatoms. The van der Waals surface area contributed by atoms with Crippen molar-refractivity contribution < 1.29 is 9.53 Å². The summed E-state index contributed by atoms with van der Waals surface area (Å²) in [5, 5.41) is 6.37. The first-order valence-electron chi connectivity index (χ1n) is 4.73. The van der Waals surface area contributed by atoms with Crippen LogP contribution in [0.2, 0.25) is 0 Å². The monoisotopic (exact) mass is 289 g/mol. The van der Waals surface area contributed by atoms with Gasteiger partial charge < -0.3 is 10.1 Å². The number of halogens is 1. The molecule has 1 aliphatic rings. The lowest BCUT2D eigenvalue weighted by Crippen LogP contribution is -2.25. The van der Waals surface area contributed by atoms with Crippen molar-refractivity contribution in [3.63, 3.8) is 0 Å². The van der Waals surface area contributed by atoms with Crippen LogP contribution in [0.25, 0.3) is 0 Å². The first kappa shape index (κ1) is 11.0. The molecule has 1 aromatic rings. The summed E-state index contributed by atoms with van der Waals surface area (Å²) in [6.45, 7) is 0.673. The molecule has 82 valence electrons. The lowest BCUT2D eigenvalue weighted by molar-refractivity contribution is -0.146. The second-order valence-corrected chi connectivity index (χ2v) is 5.58. The number of hydrogen-bond acceptors (Lipinski definition) is 4. The highest BCUT2D eigenvalue weighted by molar-refractivity contribution is 9.10. The van der Waals surface area contributed by atoms with Crippen LogP contribution in [0.1, 0.15) is 12.8 Å². The third-order valence-corrected chi connectivity index (χ3v) is 4.29. The molecule has 0 aromatic carbocycles. The molecule has 0 radical (unpaired) electrons. The van der Waals surface area contributed by atoms with E-state index in [9.17, 15) is 4.79 Å². The van der Waals surface area contributed by atoms with Gasteiger partial charge in [-0.15, -0.1) is 11.3 Å². The van der Waals surface area contributed by atoms with Gasteiger partial charge in [0.15, 0.2) is 0 Å². The van der Waals surface area contributed by atoms with Gasteiger partial charge in [0.1, 0.15) is 0 Å². The third kappa shape index (κ3) is 2.34. The fourth-order valence-electron chi connectivity index (χ4n) is 1.48. The van der Waals surface area contributed by atoms with Crippen LogP contribution < -0.4 is 5.32 Å². The molecule has 1 aliphatic carbocycles. The Morgan fingerprint density at radius 3 is 2.93 bits per heavy atom.